The Hall–Kier alpha value is -4.58. The third kappa shape index (κ3) is 8.53. The molecule has 1 aliphatic heterocycles. The molecule has 288 valence electrons. The van der Waals surface area contributed by atoms with Gasteiger partial charge in [-0.2, -0.15) is 8.42 Å². The van der Waals surface area contributed by atoms with Crippen LogP contribution < -0.4 is 35.8 Å². The first-order chi connectivity index (χ1) is 25.3. The molecule has 0 saturated heterocycles. The van der Waals surface area contributed by atoms with Crippen LogP contribution >= 0.6 is 0 Å². The highest BCUT2D eigenvalue weighted by molar-refractivity contribution is 7.89. The molecule has 16 heteroatoms. The fourth-order valence-corrected chi connectivity index (χ4v) is 8.75. The quantitative estimate of drug-likeness (QED) is 0.0481. The number of hydrogen-bond donors (Lipinski definition) is 6. The Morgan fingerprint density at radius 3 is 2.26 bits per heavy atom. The van der Waals surface area contributed by atoms with Gasteiger partial charge in [-0.1, -0.05) is 58.0 Å². The van der Waals surface area contributed by atoms with Gasteiger partial charge in [0, 0.05) is 46.8 Å². The summed E-state index contributed by atoms with van der Waals surface area (Å²) >= 11 is -2.62. The van der Waals surface area contributed by atoms with Crippen molar-refractivity contribution in [3.8, 4) is 11.5 Å². The van der Waals surface area contributed by atoms with E-state index in [0.717, 1.165) is 17.5 Å². The van der Waals surface area contributed by atoms with Gasteiger partial charge in [0.05, 0.1) is 21.2 Å². The third-order valence-electron chi connectivity index (χ3n) is 8.88. The lowest BCUT2D eigenvalue weighted by atomic mass is 9.92. The first kappa shape index (κ1) is 40.6. The Labute approximate surface area is 318 Å². The maximum atomic E-state index is 13.5. The molecular weight excluding hydrogens is 753 g/mol. The van der Waals surface area contributed by atoms with Gasteiger partial charge in [-0.25, -0.2) is 22.1 Å². The second-order valence-corrected chi connectivity index (χ2v) is 17.6. The number of urea groups is 1. The van der Waals surface area contributed by atoms with Crippen LogP contribution in [0.2, 0.25) is 0 Å². The third-order valence-corrected chi connectivity index (χ3v) is 12.0. The van der Waals surface area contributed by atoms with Crippen molar-refractivity contribution in [3.05, 3.63) is 92.9 Å². The highest BCUT2D eigenvalue weighted by Gasteiger charge is 2.29. The van der Waals surface area contributed by atoms with Gasteiger partial charge in [0.2, 0.25) is 10.0 Å². The molecule has 1 unspecified atom stereocenters. The minimum atomic E-state index is -4.82. The van der Waals surface area contributed by atoms with E-state index in [9.17, 15) is 34.9 Å². The molecular formula is C38H44N4O9S3. The number of sulfonamides is 1. The Bertz CT molecular complexity index is 2520. The summed E-state index contributed by atoms with van der Waals surface area (Å²) in [5.74, 6) is 0.501. The number of unbranched alkanes of at least 4 members (excludes halogenated alkanes) is 1. The van der Waals surface area contributed by atoms with Crippen LogP contribution in [0.5, 0.6) is 11.5 Å². The molecule has 6 N–H and O–H groups in total. The maximum Gasteiger partial charge on any atom is 0.319 e. The van der Waals surface area contributed by atoms with Gasteiger partial charge < -0.3 is 25.2 Å². The number of aryl methyl sites for hydroxylation is 2. The number of carbonyl (C=O) groups excluding carboxylic acids is 1. The van der Waals surface area contributed by atoms with Gasteiger partial charge in [0.25, 0.3) is 10.1 Å². The van der Waals surface area contributed by atoms with E-state index >= 15 is 0 Å². The van der Waals surface area contributed by atoms with E-state index in [1.165, 1.54) is 42.5 Å². The zero-order chi connectivity index (χ0) is 39.7. The molecule has 0 spiro atoms. The summed E-state index contributed by atoms with van der Waals surface area (Å²) in [5.41, 5.74) is 3.78. The summed E-state index contributed by atoms with van der Waals surface area (Å²) in [6.45, 7) is 16.0. The minimum Gasteiger partial charge on any atom is -0.456 e. The predicted molar refractivity (Wildman–Crippen MR) is 211 cm³/mol. The Balaban J connectivity index is 1.75. The van der Waals surface area contributed by atoms with Gasteiger partial charge in [0.15, 0.2) is 11.1 Å². The number of amides is 2. The Kier molecular flexibility index (Phi) is 12.1. The standard InChI is InChI=1S/C38H44N4O9S3/c1-8-9-14-40-53(46,47)34-18-28-30(16-22(34)4)51-31-19-29(41-36-23(5)15-24(6)37(25(36)7)42-38(43)39-20-21(2)3)32(52(44)45)17-27(31)35(28)26-12-10-11-13-33(26)54(48,49)50/h10-13,15-19,21,40-41H,4,8-9,14,20H2,1-3,5-7H3,(H,44,45)(H2,39,42,43)(H,48,49,50). The molecule has 54 heavy (non-hydrogen) atoms. The molecule has 0 bridgehead atoms. The summed E-state index contributed by atoms with van der Waals surface area (Å²) < 4.78 is 95.2. The van der Waals surface area contributed by atoms with Crippen molar-refractivity contribution in [2.45, 2.75) is 69.1 Å². The summed E-state index contributed by atoms with van der Waals surface area (Å²) in [6, 6.07) is 12.7. The molecule has 0 fully saturated rings. The van der Waals surface area contributed by atoms with Crippen LogP contribution in [-0.2, 0) is 31.2 Å². The Morgan fingerprint density at radius 1 is 0.926 bits per heavy atom. The minimum absolute atomic E-state index is 0.00281. The number of ether oxygens (including phenoxy) is 1. The lowest BCUT2D eigenvalue weighted by Crippen LogP contribution is -2.32. The largest absolute Gasteiger partial charge is 0.456 e. The van der Waals surface area contributed by atoms with Crippen LogP contribution in [0.1, 0.15) is 61.4 Å². The van der Waals surface area contributed by atoms with Gasteiger partial charge in [-0.15, -0.1) is 0 Å². The molecule has 2 amide bonds. The van der Waals surface area contributed by atoms with E-state index in [-0.39, 0.29) is 72.6 Å². The first-order valence-corrected chi connectivity index (χ1v) is 21.2. The lowest BCUT2D eigenvalue weighted by molar-refractivity contribution is 0.251. The van der Waals surface area contributed by atoms with Crippen LogP contribution in [-0.4, -0.2) is 49.3 Å². The average molecular weight is 797 g/mol. The summed E-state index contributed by atoms with van der Waals surface area (Å²) in [4.78, 5) is 12.0. The van der Waals surface area contributed by atoms with Crippen LogP contribution in [0.25, 0.3) is 12.2 Å². The number of nitrogens with one attached hydrogen (secondary N) is 4. The van der Waals surface area contributed by atoms with E-state index in [0.29, 0.717) is 29.9 Å². The highest BCUT2D eigenvalue weighted by atomic mass is 32.2. The molecule has 0 aliphatic carbocycles. The molecule has 5 rings (SSSR count). The molecule has 13 nitrogen and oxygen atoms in total. The number of fused-ring (bicyclic) bond motifs is 2. The molecule has 0 saturated carbocycles. The van der Waals surface area contributed by atoms with Crippen molar-refractivity contribution in [3.63, 3.8) is 0 Å². The van der Waals surface area contributed by atoms with Crippen molar-refractivity contribution >= 4 is 66.5 Å². The fraction of sp³-hybridized carbons (Fsp3) is 0.289. The summed E-state index contributed by atoms with van der Waals surface area (Å²) in [5, 5.41) is 9.26. The highest BCUT2D eigenvalue weighted by Crippen LogP contribution is 2.43. The Morgan fingerprint density at radius 2 is 1.61 bits per heavy atom. The van der Waals surface area contributed by atoms with Crippen molar-refractivity contribution in [2.75, 3.05) is 23.7 Å². The van der Waals surface area contributed by atoms with Crippen molar-refractivity contribution in [1.82, 2.24) is 10.0 Å². The monoisotopic (exact) mass is 796 g/mol. The van der Waals surface area contributed by atoms with E-state index in [1.807, 2.05) is 40.7 Å². The normalized spacial score (nSPS) is 13.2. The predicted octanol–water partition coefficient (Wildman–Crippen LogP) is 5.80. The molecule has 1 aliphatic rings. The molecule has 0 radical (unpaired) electrons. The summed E-state index contributed by atoms with van der Waals surface area (Å²) in [7, 11) is -8.91. The van der Waals surface area contributed by atoms with Gasteiger partial charge in [0.1, 0.15) is 16.4 Å². The molecule has 1 heterocycles. The second-order valence-electron chi connectivity index (χ2n) is 13.5. The van der Waals surface area contributed by atoms with Crippen LogP contribution in [0.15, 0.2) is 69.3 Å². The molecule has 4 aromatic carbocycles. The van der Waals surface area contributed by atoms with E-state index in [1.54, 1.807) is 13.0 Å². The van der Waals surface area contributed by atoms with Crippen LogP contribution in [0.3, 0.4) is 0 Å². The molecule has 0 aromatic heterocycles. The molecule has 4 aromatic rings. The van der Waals surface area contributed by atoms with Crippen molar-refractivity contribution < 1.29 is 39.7 Å². The fourth-order valence-electron chi connectivity index (χ4n) is 6.29. The lowest BCUT2D eigenvalue weighted by Gasteiger charge is -2.25. The smallest absolute Gasteiger partial charge is 0.319 e. The average Bonchev–Trinajstić information content (AvgIpc) is 3.09. The van der Waals surface area contributed by atoms with E-state index < -0.39 is 36.1 Å². The van der Waals surface area contributed by atoms with Crippen LogP contribution in [0.4, 0.5) is 21.9 Å². The number of hydrogen-bond acceptors (Lipinski definition) is 8. The zero-order valence-corrected chi connectivity index (χ0v) is 33.2. The first-order valence-electron chi connectivity index (χ1n) is 17.2. The second kappa shape index (κ2) is 16.0. The maximum absolute atomic E-state index is 13.5. The zero-order valence-electron chi connectivity index (χ0n) is 30.8. The van der Waals surface area contributed by atoms with Gasteiger partial charge in [-0.05, 0) is 79.3 Å². The SMILES string of the molecule is C=c1cc2c(cc1S(=O)(=O)NCCCC)=C(c1ccccc1S(=O)(=O)O)c1cc(S(=O)O)c(Nc3c(C)cc(C)c(NC(=O)NCC(C)C)c3C)cc1O2. The van der Waals surface area contributed by atoms with Gasteiger partial charge >= 0.3 is 6.03 Å². The number of benzene rings is 4. The number of rotatable bonds is 13. The van der Waals surface area contributed by atoms with E-state index in [4.69, 9.17) is 4.74 Å². The van der Waals surface area contributed by atoms with Crippen molar-refractivity contribution in [2.24, 2.45) is 5.92 Å². The number of carbonyl (C=O) groups is 1. The topological polar surface area (TPSA) is 200 Å². The van der Waals surface area contributed by atoms with Crippen molar-refractivity contribution in [1.29, 1.82) is 0 Å². The summed E-state index contributed by atoms with van der Waals surface area (Å²) in [6.07, 6.45) is 1.35. The molecule has 1 atom stereocenters. The van der Waals surface area contributed by atoms with E-state index in [2.05, 4.69) is 27.3 Å². The van der Waals surface area contributed by atoms with Gasteiger partial charge in [-0.3, -0.25) is 4.55 Å². The van der Waals surface area contributed by atoms with Crippen LogP contribution in [0, 0.1) is 26.7 Å². The number of anilines is 3.